The van der Waals surface area contributed by atoms with E-state index in [1.165, 1.54) is 14.2 Å². The minimum Gasteiger partial charge on any atom is -0.496 e. The third-order valence-corrected chi connectivity index (χ3v) is 20.8. The van der Waals surface area contributed by atoms with Gasteiger partial charge in [0.15, 0.2) is 8.32 Å². The van der Waals surface area contributed by atoms with Crippen molar-refractivity contribution < 1.29 is 48.0 Å². The molecule has 15 heteroatoms. The van der Waals surface area contributed by atoms with Crippen LogP contribution in [0.3, 0.4) is 0 Å². The lowest BCUT2D eigenvalue weighted by Crippen LogP contribution is -2.82. The number of aromatic nitrogens is 1. The summed E-state index contributed by atoms with van der Waals surface area (Å²) in [6.07, 6.45) is 8.28. The number of anilines is 1. The van der Waals surface area contributed by atoms with E-state index in [0.717, 1.165) is 39.0 Å². The van der Waals surface area contributed by atoms with E-state index in [9.17, 15) is 15.0 Å². The van der Waals surface area contributed by atoms with Gasteiger partial charge in [-0.25, -0.2) is 4.79 Å². The number of hydrogen-bond donors (Lipinski definition) is 3. The largest absolute Gasteiger partial charge is 0.496 e. The van der Waals surface area contributed by atoms with Gasteiger partial charge in [0.1, 0.15) is 17.8 Å². The highest BCUT2D eigenvalue weighted by Crippen LogP contribution is 2.68. The number of nitrogens with one attached hydrogen (secondary N) is 1. The second-order valence-corrected chi connectivity index (χ2v) is 27.1. The molecule has 6 aliphatic rings. The summed E-state index contributed by atoms with van der Waals surface area (Å²) in [5.74, 6) is -1.03. The minimum absolute atomic E-state index is 0.0992. The highest BCUT2D eigenvalue weighted by Gasteiger charge is 2.80. The SMILES string of the molecule is CC[C@]1(O)CC2CN(CCc3c([nH]c4ccccc34)[C@@](C(=O)OC)(c3cc4c(cc3OC)N(C)[C@H]3[C@@](O)(C(=O)OC)[C@H](O[Si](C)(C)CCCCC(=O)OCc5ccccc5)[C@]5(CC)C=CCN6CC[C@]43[C@@H]65)C2)C1. The van der Waals surface area contributed by atoms with Gasteiger partial charge in [-0.15, -0.1) is 0 Å². The maximum atomic E-state index is 15.6. The number of carbonyl (C=O) groups excluding carboxylic acids is 3. The summed E-state index contributed by atoms with van der Waals surface area (Å²) in [6, 6.07) is 21.7. The Morgan fingerprint density at radius 3 is 2.36 bits per heavy atom. The predicted molar refractivity (Wildman–Crippen MR) is 282 cm³/mol. The number of benzene rings is 3. The Kier molecular flexibility index (Phi) is 13.6. The van der Waals surface area contributed by atoms with Gasteiger partial charge in [0.25, 0.3) is 0 Å². The van der Waals surface area contributed by atoms with Crippen molar-refractivity contribution in [2.75, 3.05) is 66.0 Å². The Bertz CT molecular complexity index is 2780. The van der Waals surface area contributed by atoms with Crippen LogP contribution in [-0.4, -0.2) is 142 Å². The molecule has 3 aromatic carbocycles. The second-order valence-electron chi connectivity index (χ2n) is 22.8. The third-order valence-electron chi connectivity index (χ3n) is 18.4. The molecule has 2 bridgehead atoms. The van der Waals surface area contributed by atoms with E-state index in [0.29, 0.717) is 101 Å². The molecule has 10 atom stereocenters. The number of aromatic amines is 1. The summed E-state index contributed by atoms with van der Waals surface area (Å²) < 4.78 is 31.4. The summed E-state index contributed by atoms with van der Waals surface area (Å²) >= 11 is 0. The van der Waals surface area contributed by atoms with Crippen LogP contribution in [0, 0.1) is 11.3 Å². The van der Waals surface area contributed by atoms with E-state index in [2.05, 4.69) is 70.1 Å². The molecule has 2 saturated heterocycles. The number of esters is 3. The summed E-state index contributed by atoms with van der Waals surface area (Å²) in [5, 5.41) is 27.2. The van der Waals surface area contributed by atoms with Crippen molar-refractivity contribution in [1.29, 1.82) is 0 Å². The molecule has 4 aromatic rings. The molecule has 1 aromatic heterocycles. The van der Waals surface area contributed by atoms with Crippen LogP contribution in [0.4, 0.5) is 5.69 Å². The van der Waals surface area contributed by atoms with Crippen LogP contribution in [0.15, 0.2) is 78.9 Å². The molecule has 2 unspecified atom stereocenters. The Labute approximate surface area is 431 Å². The Morgan fingerprint density at radius 2 is 1.63 bits per heavy atom. The number of methoxy groups -OCH3 is 3. The first-order valence-electron chi connectivity index (χ1n) is 26.7. The lowest BCUT2D eigenvalue weighted by Gasteiger charge is -2.65. The van der Waals surface area contributed by atoms with Gasteiger partial charge in [0.05, 0.1) is 39.1 Å². The average molecular weight is 1020 g/mol. The molecular weight excluding hydrogens is 941 g/mol. The summed E-state index contributed by atoms with van der Waals surface area (Å²) in [7, 11) is 3.65. The predicted octanol–water partition coefficient (Wildman–Crippen LogP) is 7.56. The molecule has 73 heavy (non-hydrogen) atoms. The number of unbranched alkanes of at least 4 members (excludes halogenated alkanes) is 1. The van der Waals surface area contributed by atoms with E-state index >= 15 is 9.59 Å². The number of ether oxygens (including phenoxy) is 4. The monoisotopic (exact) mass is 1020 g/mol. The lowest BCUT2D eigenvalue weighted by atomic mass is 9.47. The molecule has 5 aliphatic heterocycles. The van der Waals surface area contributed by atoms with Gasteiger partial charge in [0, 0.05) is 90.4 Å². The summed E-state index contributed by atoms with van der Waals surface area (Å²) in [4.78, 5) is 54.2. The molecule has 0 amide bonds. The number of H-pyrrole nitrogens is 1. The first kappa shape index (κ1) is 51.5. The number of hydrogen-bond acceptors (Lipinski definition) is 13. The van der Waals surface area contributed by atoms with Gasteiger partial charge in [-0.05, 0) is 105 Å². The van der Waals surface area contributed by atoms with Crippen molar-refractivity contribution in [2.45, 2.75) is 138 Å². The van der Waals surface area contributed by atoms with E-state index < -0.39 is 59.8 Å². The second kappa shape index (κ2) is 19.3. The van der Waals surface area contributed by atoms with Gasteiger partial charge in [-0.2, -0.15) is 0 Å². The van der Waals surface area contributed by atoms with Crippen LogP contribution in [0.1, 0.15) is 93.2 Å². The maximum Gasteiger partial charge on any atom is 0.342 e. The number of fused-ring (bicyclic) bond motifs is 6. The van der Waals surface area contributed by atoms with Gasteiger partial charge >= 0.3 is 17.9 Å². The van der Waals surface area contributed by atoms with Crippen LogP contribution in [0.25, 0.3) is 10.9 Å². The van der Waals surface area contributed by atoms with E-state index in [4.69, 9.17) is 23.4 Å². The number of rotatable bonds is 15. The molecule has 392 valence electrons. The molecule has 0 radical (unpaired) electrons. The van der Waals surface area contributed by atoms with Gasteiger partial charge in [-0.3, -0.25) is 19.4 Å². The van der Waals surface area contributed by atoms with E-state index in [1.807, 2.05) is 62.5 Å². The molecule has 1 saturated carbocycles. The molecule has 10 rings (SSSR count). The number of aliphatic hydroxyl groups is 2. The first-order chi connectivity index (χ1) is 35.0. The van der Waals surface area contributed by atoms with Gasteiger partial charge in [0.2, 0.25) is 5.60 Å². The lowest BCUT2D eigenvalue weighted by molar-refractivity contribution is -0.214. The molecule has 3 fully saturated rings. The van der Waals surface area contributed by atoms with E-state index in [-0.39, 0.29) is 31.0 Å². The van der Waals surface area contributed by atoms with Crippen LogP contribution in [-0.2, 0) is 56.9 Å². The number of piperidine rings is 1. The molecular formula is C58H76N4O10Si. The Morgan fingerprint density at radius 1 is 0.877 bits per heavy atom. The highest BCUT2D eigenvalue weighted by atomic mass is 28.4. The molecule has 3 N–H and O–H groups in total. The third kappa shape index (κ3) is 8.09. The fourth-order valence-corrected chi connectivity index (χ4v) is 17.6. The van der Waals surface area contributed by atoms with Crippen molar-refractivity contribution >= 4 is 42.8 Å². The minimum atomic E-state index is -2.74. The quantitative estimate of drug-likeness (QED) is 0.0352. The number of para-hydroxylation sites is 1. The number of nitrogens with zero attached hydrogens (tertiary/aromatic N) is 3. The average Bonchev–Trinajstić information content (AvgIpc) is 4.06. The van der Waals surface area contributed by atoms with Crippen LogP contribution in [0.5, 0.6) is 5.75 Å². The molecule has 1 aliphatic carbocycles. The fraction of sp³-hybridized carbons (Fsp3) is 0.569. The smallest absolute Gasteiger partial charge is 0.342 e. The zero-order chi connectivity index (χ0) is 51.7. The van der Waals surface area contributed by atoms with Crippen LogP contribution >= 0.6 is 0 Å². The van der Waals surface area contributed by atoms with Gasteiger partial charge < -0.3 is 43.5 Å². The van der Waals surface area contributed by atoms with Crippen molar-refractivity contribution in [3.63, 3.8) is 0 Å². The molecule has 6 heterocycles. The zero-order valence-electron chi connectivity index (χ0n) is 44.1. The maximum absolute atomic E-state index is 15.6. The van der Waals surface area contributed by atoms with Gasteiger partial charge in [-0.1, -0.05) is 81.0 Å². The molecule has 14 nitrogen and oxygen atoms in total. The number of carbonyl (C=O) groups is 3. The standard InChI is InChI=1S/C58H76N4O10Si/c1-9-54(66)33-39-34-57(52(64)69-5,48-41(24-28-61(35-39)37-54)40-21-14-15-22-44(40)59-48)43-31-42-45(32-46(43)68-4)60(3)50-56(42)26-29-62-27-18-25-55(10-2,49(56)62)51(58(50,67)53(65)70-6)72-73(7,8)30-17-16-23-47(63)71-36-38-19-12-11-13-20-38/h11-15,18-22,25,31-32,39,49-51,59,66-67H,9-10,16-17,23-24,26-30,33-37H2,1-8H3/t39?,49-,50+,51+,54-,55+,56+,57-,58-/m0/s1. The normalized spacial score (nSPS) is 32.4. The topological polar surface area (TPSA) is 163 Å². The van der Waals surface area contributed by atoms with Crippen molar-refractivity contribution in [3.05, 3.63) is 107 Å². The molecule has 1 spiro atoms. The van der Waals surface area contributed by atoms with E-state index in [1.54, 1.807) is 7.11 Å². The van der Waals surface area contributed by atoms with Crippen LogP contribution < -0.4 is 9.64 Å². The fourth-order valence-electron chi connectivity index (χ4n) is 15.3. The zero-order valence-corrected chi connectivity index (χ0v) is 45.1. The summed E-state index contributed by atoms with van der Waals surface area (Å²) in [6.45, 7) is 12.1. The summed E-state index contributed by atoms with van der Waals surface area (Å²) in [5.41, 5.74) is -0.211. The van der Waals surface area contributed by atoms with Crippen LogP contribution in [0.2, 0.25) is 19.1 Å². The Hall–Kier alpha value is -5.03. The van der Waals surface area contributed by atoms with Crippen molar-refractivity contribution in [1.82, 2.24) is 14.8 Å². The van der Waals surface area contributed by atoms with Crippen molar-refractivity contribution in [2.24, 2.45) is 11.3 Å². The highest BCUT2D eigenvalue weighted by molar-refractivity contribution is 6.71. The first-order valence-corrected chi connectivity index (χ1v) is 29.8. The number of likely N-dealkylation sites (N-methyl/N-ethyl adjacent to an activating group) is 1. The van der Waals surface area contributed by atoms with Crippen molar-refractivity contribution in [3.8, 4) is 5.75 Å². The Balaban J connectivity index is 1.10.